The molecule has 2 heteroatoms. The van der Waals surface area contributed by atoms with Crippen molar-refractivity contribution in [2.75, 3.05) is 0 Å². The number of hydrogen-bond donors (Lipinski definition) is 1. The van der Waals surface area contributed by atoms with E-state index in [-0.39, 0.29) is 5.95 Å². The predicted molar refractivity (Wildman–Crippen MR) is 46.2 cm³/mol. The molecule has 12 heavy (non-hydrogen) atoms. The van der Waals surface area contributed by atoms with Crippen LogP contribution in [0.25, 0.3) is 11.1 Å². The summed E-state index contributed by atoms with van der Waals surface area (Å²) in [7, 11) is 0. The second kappa shape index (κ2) is 2.81. The highest BCUT2D eigenvalue weighted by molar-refractivity contribution is 5.62. The van der Waals surface area contributed by atoms with E-state index in [2.05, 4.69) is 4.98 Å². The van der Waals surface area contributed by atoms with E-state index in [1.807, 2.05) is 30.3 Å². The molecular formula is C10H8FN. The molecule has 0 unspecified atom stereocenters. The maximum atomic E-state index is 13.0. The van der Waals surface area contributed by atoms with Gasteiger partial charge in [0.15, 0.2) is 5.95 Å². The molecule has 0 bridgehead atoms. The highest BCUT2D eigenvalue weighted by Gasteiger charge is 2.03. The van der Waals surface area contributed by atoms with Crippen LogP contribution in [0.3, 0.4) is 0 Å². The lowest BCUT2D eigenvalue weighted by Gasteiger charge is -1.95. The monoisotopic (exact) mass is 161 g/mol. The van der Waals surface area contributed by atoms with Crippen LogP contribution in [0.2, 0.25) is 0 Å². The van der Waals surface area contributed by atoms with E-state index in [0.29, 0.717) is 5.56 Å². The molecule has 0 aliphatic heterocycles. The minimum absolute atomic E-state index is 0.277. The Bertz CT molecular complexity index is 364. The topological polar surface area (TPSA) is 15.8 Å². The fourth-order valence-electron chi connectivity index (χ4n) is 1.19. The van der Waals surface area contributed by atoms with Gasteiger partial charge in [-0.05, 0) is 11.6 Å². The van der Waals surface area contributed by atoms with Crippen molar-refractivity contribution >= 4 is 0 Å². The van der Waals surface area contributed by atoms with Gasteiger partial charge in [0.25, 0.3) is 0 Å². The smallest absolute Gasteiger partial charge is 0.198 e. The average molecular weight is 161 g/mol. The molecule has 1 aromatic carbocycles. The van der Waals surface area contributed by atoms with Crippen LogP contribution < -0.4 is 0 Å². The van der Waals surface area contributed by atoms with Crippen molar-refractivity contribution in [2.45, 2.75) is 0 Å². The van der Waals surface area contributed by atoms with Crippen LogP contribution in [0.4, 0.5) is 4.39 Å². The Labute approximate surface area is 69.9 Å². The average Bonchev–Trinajstić information content (AvgIpc) is 2.53. The zero-order valence-electron chi connectivity index (χ0n) is 6.42. The van der Waals surface area contributed by atoms with Gasteiger partial charge in [-0.3, -0.25) is 0 Å². The van der Waals surface area contributed by atoms with Crippen molar-refractivity contribution in [2.24, 2.45) is 0 Å². The first kappa shape index (κ1) is 7.10. The number of H-pyrrole nitrogens is 1. The minimum atomic E-state index is -0.277. The standard InChI is InChI=1S/C10H8FN/c11-10-9(6-7-12-10)8-4-2-1-3-5-8/h1-7,12H. The lowest BCUT2D eigenvalue weighted by molar-refractivity contribution is 0.595. The van der Waals surface area contributed by atoms with Crippen LogP contribution >= 0.6 is 0 Å². The van der Waals surface area contributed by atoms with Gasteiger partial charge in [0.1, 0.15) is 0 Å². The molecule has 1 N–H and O–H groups in total. The van der Waals surface area contributed by atoms with Gasteiger partial charge >= 0.3 is 0 Å². The largest absolute Gasteiger partial charge is 0.338 e. The molecule has 0 fully saturated rings. The van der Waals surface area contributed by atoms with Crippen LogP contribution in [0, 0.1) is 5.95 Å². The highest BCUT2D eigenvalue weighted by Crippen LogP contribution is 2.20. The van der Waals surface area contributed by atoms with E-state index in [9.17, 15) is 4.39 Å². The van der Waals surface area contributed by atoms with Gasteiger partial charge in [0, 0.05) is 11.8 Å². The van der Waals surface area contributed by atoms with Crippen LogP contribution in [0.1, 0.15) is 0 Å². The van der Waals surface area contributed by atoms with Crippen LogP contribution in [0.5, 0.6) is 0 Å². The molecule has 0 aliphatic rings. The van der Waals surface area contributed by atoms with E-state index in [0.717, 1.165) is 5.56 Å². The number of halogens is 1. The van der Waals surface area contributed by atoms with Crippen molar-refractivity contribution in [1.82, 2.24) is 4.98 Å². The zero-order chi connectivity index (χ0) is 8.39. The number of benzene rings is 1. The Balaban J connectivity index is 2.51. The molecule has 2 aromatic rings. The van der Waals surface area contributed by atoms with Gasteiger partial charge in [-0.1, -0.05) is 30.3 Å². The van der Waals surface area contributed by atoms with E-state index in [1.165, 1.54) is 0 Å². The third-order valence-corrected chi connectivity index (χ3v) is 1.78. The quantitative estimate of drug-likeness (QED) is 0.662. The number of aromatic nitrogens is 1. The Hall–Kier alpha value is -1.57. The third-order valence-electron chi connectivity index (χ3n) is 1.78. The molecule has 60 valence electrons. The number of aromatic amines is 1. The molecule has 1 nitrogen and oxygen atoms in total. The van der Waals surface area contributed by atoms with Gasteiger partial charge in [0.2, 0.25) is 0 Å². The first-order valence-corrected chi connectivity index (χ1v) is 3.76. The molecule has 2 rings (SSSR count). The number of rotatable bonds is 1. The predicted octanol–water partition coefficient (Wildman–Crippen LogP) is 2.82. The van der Waals surface area contributed by atoms with Crippen molar-refractivity contribution in [1.29, 1.82) is 0 Å². The first-order valence-electron chi connectivity index (χ1n) is 3.76. The molecular weight excluding hydrogens is 153 g/mol. The first-order chi connectivity index (χ1) is 5.88. The fraction of sp³-hybridized carbons (Fsp3) is 0. The van der Waals surface area contributed by atoms with E-state index in [1.54, 1.807) is 12.3 Å². The van der Waals surface area contributed by atoms with Crippen molar-refractivity contribution in [3.8, 4) is 11.1 Å². The summed E-state index contributed by atoms with van der Waals surface area (Å²) in [4.78, 5) is 2.50. The molecule has 0 aliphatic carbocycles. The molecule has 0 spiro atoms. The Kier molecular flexibility index (Phi) is 1.67. The van der Waals surface area contributed by atoms with Gasteiger partial charge in [-0.15, -0.1) is 0 Å². The maximum Gasteiger partial charge on any atom is 0.198 e. The van der Waals surface area contributed by atoms with Gasteiger partial charge in [-0.2, -0.15) is 4.39 Å². The SMILES string of the molecule is Fc1[nH]ccc1-c1ccccc1. The van der Waals surface area contributed by atoms with Crippen molar-refractivity contribution < 1.29 is 4.39 Å². The molecule has 1 heterocycles. The van der Waals surface area contributed by atoms with E-state index >= 15 is 0 Å². The zero-order valence-corrected chi connectivity index (χ0v) is 6.42. The van der Waals surface area contributed by atoms with E-state index in [4.69, 9.17) is 0 Å². The Morgan fingerprint density at radius 3 is 2.33 bits per heavy atom. The highest BCUT2D eigenvalue weighted by atomic mass is 19.1. The lowest BCUT2D eigenvalue weighted by Crippen LogP contribution is -1.77. The Morgan fingerprint density at radius 1 is 1.00 bits per heavy atom. The third kappa shape index (κ3) is 1.11. The minimum Gasteiger partial charge on any atom is -0.338 e. The van der Waals surface area contributed by atoms with Crippen molar-refractivity contribution in [3.05, 3.63) is 48.5 Å². The summed E-state index contributed by atoms with van der Waals surface area (Å²) >= 11 is 0. The Morgan fingerprint density at radius 2 is 1.75 bits per heavy atom. The van der Waals surface area contributed by atoms with Crippen molar-refractivity contribution in [3.63, 3.8) is 0 Å². The summed E-state index contributed by atoms with van der Waals surface area (Å²) in [6.07, 6.45) is 1.59. The fourth-order valence-corrected chi connectivity index (χ4v) is 1.19. The molecule has 0 saturated heterocycles. The molecule has 1 aromatic heterocycles. The van der Waals surface area contributed by atoms with Crippen LogP contribution in [-0.2, 0) is 0 Å². The molecule has 0 atom stereocenters. The molecule has 0 amide bonds. The van der Waals surface area contributed by atoms with E-state index < -0.39 is 0 Å². The van der Waals surface area contributed by atoms with Gasteiger partial charge in [-0.25, -0.2) is 0 Å². The number of hydrogen-bond acceptors (Lipinski definition) is 0. The van der Waals surface area contributed by atoms with Gasteiger partial charge < -0.3 is 4.98 Å². The maximum absolute atomic E-state index is 13.0. The summed E-state index contributed by atoms with van der Waals surface area (Å²) in [5, 5.41) is 0. The lowest BCUT2D eigenvalue weighted by atomic mass is 10.1. The molecule has 0 saturated carbocycles. The summed E-state index contributed by atoms with van der Waals surface area (Å²) in [5.41, 5.74) is 1.52. The van der Waals surface area contributed by atoms with Gasteiger partial charge in [0.05, 0.1) is 0 Å². The second-order valence-electron chi connectivity index (χ2n) is 2.57. The number of nitrogens with one attached hydrogen (secondary N) is 1. The summed E-state index contributed by atoms with van der Waals surface area (Å²) < 4.78 is 13.0. The summed E-state index contributed by atoms with van der Waals surface area (Å²) in [5.74, 6) is -0.277. The van der Waals surface area contributed by atoms with Crippen LogP contribution in [-0.4, -0.2) is 4.98 Å². The normalized spacial score (nSPS) is 10.1. The summed E-state index contributed by atoms with van der Waals surface area (Å²) in [6, 6.07) is 11.2. The van der Waals surface area contributed by atoms with Crippen LogP contribution in [0.15, 0.2) is 42.6 Å². The second-order valence-corrected chi connectivity index (χ2v) is 2.57. The molecule has 0 radical (unpaired) electrons. The summed E-state index contributed by atoms with van der Waals surface area (Å²) in [6.45, 7) is 0.